The van der Waals surface area contributed by atoms with Crippen LogP contribution >= 0.6 is 11.3 Å². The third kappa shape index (κ3) is 6.01. The predicted molar refractivity (Wildman–Crippen MR) is 127 cm³/mol. The molecule has 2 aromatic carbocycles. The van der Waals surface area contributed by atoms with Crippen molar-refractivity contribution in [3.8, 4) is 0 Å². The molecule has 1 atom stereocenters. The molecule has 4 rings (SSSR count). The Balaban J connectivity index is 1.32. The number of rotatable bonds is 8. The van der Waals surface area contributed by atoms with Crippen molar-refractivity contribution < 1.29 is 14.6 Å². The number of hydrogen-bond acceptors (Lipinski definition) is 6. The third-order valence-corrected chi connectivity index (χ3v) is 6.42. The fraction of sp³-hybridized carbons (Fsp3) is 0.360. The van der Waals surface area contributed by atoms with E-state index in [1.54, 1.807) is 0 Å². The molecular formula is C25H29N3O3S. The fourth-order valence-corrected chi connectivity index (χ4v) is 4.58. The lowest BCUT2D eigenvalue weighted by molar-refractivity contribution is -0.123. The van der Waals surface area contributed by atoms with Gasteiger partial charge in [0.15, 0.2) is 5.13 Å². The molecule has 2 heterocycles. The van der Waals surface area contributed by atoms with Crippen molar-refractivity contribution >= 4 is 22.4 Å². The van der Waals surface area contributed by atoms with Crippen LogP contribution < -0.4 is 5.32 Å². The molecule has 1 fully saturated rings. The molecule has 1 amide bonds. The van der Waals surface area contributed by atoms with E-state index in [1.165, 1.54) is 29.4 Å². The molecule has 0 unspecified atom stereocenters. The summed E-state index contributed by atoms with van der Waals surface area (Å²) >= 11 is 1.38. The summed E-state index contributed by atoms with van der Waals surface area (Å²) in [7, 11) is 0. The summed E-state index contributed by atoms with van der Waals surface area (Å²) in [5.74, 6) is -0.435. The Kier molecular flexibility index (Phi) is 7.65. The monoisotopic (exact) mass is 451 g/mol. The molecule has 0 bridgehead atoms. The fourth-order valence-electron chi connectivity index (χ4n) is 3.88. The minimum absolute atomic E-state index is 0.0624. The summed E-state index contributed by atoms with van der Waals surface area (Å²) in [5.41, 5.74) is 3.28. The number of aromatic nitrogens is 1. The first-order chi connectivity index (χ1) is 15.6. The van der Waals surface area contributed by atoms with Gasteiger partial charge in [-0.1, -0.05) is 60.7 Å². The molecule has 1 saturated heterocycles. The van der Waals surface area contributed by atoms with Crippen LogP contribution in [-0.2, 0) is 16.1 Å². The number of likely N-dealkylation sites (tertiary alicyclic amines) is 1. The van der Waals surface area contributed by atoms with Crippen molar-refractivity contribution in [1.82, 2.24) is 9.88 Å². The highest BCUT2D eigenvalue weighted by Gasteiger charge is 2.25. The summed E-state index contributed by atoms with van der Waals surface area (Å²) in [6.45, 7) is 4.06. The van der Waals surface area contributed by atoms with E-state index in [0.717, 1.165) is 38.2 Å². The minimum Gasteiger partial charge on any atom is -0.384 e. The number of aliphatic hydroxyl groups excluding tert-OH is 1. The number of aliphatic hydroxyl groups is 1. The first-order valence-corrected chi connectivity index (χ1v) is 11.9. The smallest absolute Gasteiger partial charge is 0.254 e. The average Bonchev–Trinajstić information content (AvgIpc) is 3.26. The van der Waals surface area contributed by atoms with Crippen molar-refractivity contribution in [2.45, 2.75) is 44.6 Å². The molecule has 1 aromatic heterocycles. The second kappa shape index (κ2) is 10.8. The van der Waals surface area contributed by atoms with Crippen molar-refractivity contribution in [2.75, 3.05) is 18.4 Å². The molecule has 32 heavy (non-hydrogen) atoms. The van der Waals surface area contributed by atoms with Gasteiger partial charge in [-0.2, -0.15) is 0 Å². The zero-order valence-electron chi connectivity index (χ0n) is 18.2. The van der Waals surface area contributed by atoms with E-state index in [0.29, 0.717) is 5.13 Å². The molecule has 1 aliphatic rings. The maximum Gasteiger partial charge on any atom is 0.254 e. The summed E-state index contributed by atoms with van der Waals surface area (Å²) in [4.78, 5) is 18.5. The van der Waals surface area contributed by atoms with Gasteiger partial charge in [0.2, 0.25) is 0 Å². The zero-order chi connectivity index (χ0) is 22.3. The molecule has 6 nitrogen and oxygen atoms in total. The van der Waals surface area contributed by atoms with E-state index in [1.807, 2.05) is 17.5 Å². The van der Waals surface area contributed by atoms with E-state index < -0.39 is 12.0 Å². The van der Waals surface area contributed by atoms with Crippen LogP contribution in [0.5, 0.6) is 0 Å². The molecule has 0 radical (unpaired) electrons. The lowest BCUT2D eigenvalue weighted by atomic mass is 10.00. The van der Waals surface area contributed by atoms with Crippen LogP contribution in [0.25, 0.3) is 0 Å². The van der Waals surface area contributed by atoms with Gasteiger partial charge in [-0.3, -0.25) is 15.0 Å². The number of benzene rings is 2. The van der Waals surface area contributed by atoms with Crippen molar-refractivity contribution in [3.63, 3.8) is 0 Å². The van der Waals surface area contributed by atoms with Crippen LogP contribution in [0, 0.1) is 0 Å². The summed E-state index contributed by atoms with van der Waals surface area (Å²) in [5, 5.41) is 14.5. The normalized spacial score (nSPS) is 16.2. The van der Waals surface area contributed by atoms with E-state index in [9.17, 15) is 9.90 Å². The van der Waals surface area contributed by atoms with Crippen LogP contribution in [-0.4, -0.2) is 46.2 Å². The molecule has 1 aliphatic heterocycles. The van der Waals surface area contributed by atoms with Gasteiger partial charge < -0.3 is 9.84 Å². The van der Waals surface area contributed by atoms with Gasteiger partial charge in [0.25, 0.3) is 5.91 Å². The van der Waals surface area contributed by atoms with Crippen LogP contribution in [0.3, 0.4) is 0 Å². The van der Waals surface area contributed by atoms with Crippen LogP contribution in [0.2, 0.25) is 0 Å². The molecule has 7 heteroatoms. The second-order valence-electron chi connectivity index (χ2n) is 8.12. The largest absolute Gasteiger partial charge is 0.384 e. The summed E-state index contributed by atoms with van der Waals surface area (Å²) in [6, 6.07) is 20.8. The molecule has 0 aliphatic carbocycles. The van der Waals surface area contributed by atoms with E-state index >= 15 is 0 Å². The highest BCUT2D eigenvalue weighted by molar-refractivity contribution is 7.13. The number of ether oxygens (including phenoxy) is 1. The first kappa shape index (κ1) is 22.6. The molecule has 168 valence electrons. The second-order valence-corrected chi connectivity index (χ2v) is 8.98. The van der Waals surface area contributed by atoms with Gasteiger partial charge in [-0.15, -0.1) is 11.3 Å². The van der Waals surface area contributed by atoms with E-state index in [2.05, 4.69) is 63.7 Å². The maximum absolute atomic E-state index is 11.6. The van der Waals surface area contributed by atoms with Crippen molar-refractivity contribution in [3.05, 3.63) is 82.9 Å². The van der Waals surface area contributed by atoms with Crippen molar-refractivity contribution in [1.29, 1.82) is 0 Å². The van der Waals surface area contributed by atoms with Gasteiger partial charge in [0.05, 0.1) is 11.8 Å². The molecule has 0 saturated carbocycles. The SMILES string of the molecule is C[C@H](O)C(=O)Nc1nc(CN2CCC(OC(c3ccccc3)c3ccccc3)CC2)cs1. The number of anilines is 1. The molecular weight excluding hydrogens is 422 g/mol. The molecule has 2 N–H and O–H groups in total. The van der Waals surface area contributed by atoms with Gasteiger partial charge in [-0.25, -0.2) is 4.98 Å². The highest BCUT2D eigenvalue weighted by atomic mass is 32.1. The average molecular weight is 452 g/mol. The Morgan fingerprint density at radius 3 is 2.28 bits per heavy atom. The number of amides is 1. The lowest BCUT2D eigenvalue weighted by Crippen LogP contribution is -2.37. The highest BCUT2D eigenvalue weighted by Crippen LogP contribution is 2.30. The summed E-state index contributed by atoms with van der Waals surface area (Å²) in [6.07, 6.45) is 1.02. The Labute approximate surface area is 192 Å². The lowest BCUT2D eigenvalue weighted by Gasteiger charge is -2.34. The quantitative estimate of drug-likeness (QED) is 0.536. The topological polar surface area (TPSA) is 74.7 Å². The number of carbonyl (C=O) groups excluding carboxylic acids is 1. The number of piperidine rings is 1. The molecule has 3 aromatic rings. The van der Waals surface area contributed by atoms with Gasteiger partial charge in [0, 0.05) is 25.0 Å². The van der Waals surface area contributed by atoms with Gasteiger partial charge in [-0.05, 0) is 30.9 Å². The number of nitrogens with zero attached hydrogens (tertiary/aromatic N) is 2. The maximum atomic E-state index is 11.6. The van der Waals surface area contributed by atoms with Crippen LogP contribution in [0.1, 0.15) is 42.7 Å². The Hall–Kier alpha value is -2.58. The van der Waals surface area contributed by atoms with E-state index in [-0.39, 0.29) is 12.2 Å². The van der Waals surface area contributed by atoms with Gasteiger partial charge >= 0.3 is 0 Å². The number of carbonyl (C=O) groups is 1. The third-order valence-electron chi connectivity index (χ3n) is 5.61. The van der Waals surface area contributed by atoms with Gasteiger partial charge in [0.1, 0.15) is 12.2 Å². The van der Waals surface area contributed by atoms with E-state index in [4.69, 9.17) is 4.74 Å². The Bertz CT molecular complexity index is 946. The number of hydrogen-bond donors (Lipinski definition) is 2. The minimum atomic E-state index is -1.04. The first-order valence-electron chi connectivity index (χ1n) is 11.0. The Morgan fingerprint density at radius 2 is 1.72 bits per heavy atom. The van der Waals surface area contributed by atoms with Crippen molar-refractivity contribution in [2.24, 2.45) is 0 Å². The Morgan fingerprint density at radius 1 is 1.12 bits per heavy atom. The molecule has 0 spiro atoms. The predicted octanol–water partition coefficient (Wildman–Crippen LogP) is 4.23. The zero-order valence-corrected chi connectivity index (χ0v) is 19.0. The summed E-state index contributed by atoms with van der Waals surface area (Å²) < 4.78 is 6.62. The number of nitrogens with one attached hydrogen (secondary N) is 1. The standard InChI is InChI=1S/C25H29N3O3S/c1-18(29)24(30)27-25-26-21(17-32-25)16-28-14-12-22(13-15-28)31-23(19-8-4-2-5-9-19)20-10-6-3-7-11-20/h2-11,17-18,22-23,29H,12-16H2,1H3,(H,26,27,30)/t18-/m0/s1. The van der Waals surface area contributed by atoms with Crippen LogP contribution in [0.4, 0.5) is 5.13 Å². The number of thiazole rings is 1. The van der Waals surface area contributed by atoms with Crippen LogP contribution in [0.15, 0.2) is 66.0 Å².